The Balaban J connectivity index is 0.000000188. The molecule has 0 heterocycles. The third-order valence-corrected chi connectivity index (χ3v) is 25.5. The molecule has 88 heavy (non-hydrogen) atoms. The van der Waals surface area contributed by atoms with Crippen molar-refractivity contribution in [3.8, 4) is 0 Å². The molecule has 12 nitrogen and oxygen atoms in total. The number of unbranched alkanes of at least 4 members (excludes halogenated alkanes) is 10. The van der Waals surface area contributed by atoms with E-state index < -0.39 is 40.1 Å². The monoisotopic (exact) mass is 1300 g/mol. The number of benzene rings is 9. The van der Waals surface area contributed by atoms with E-state index in [1.165, 1.54) is 70.8 Å². The first-order valence-corrected chi connectivity index (χ1v) is 38.4. The van der Waals surface area contributed by atoms with Crippen LogP contribution in [0, 0.1) is 13.8 Å². The highest BCUT2D eigenvalue weighted by atomic mass is 32.3. The van der Waals surface area contributed by atoms with Gasteiger partial charge in [-0.25, -0.2) is 33.7 Å². The molecule has 6 N–H and O–H groups in total. The van der Waals surface area contributed by atoms with E-state index >= 15 is 0 Å². The van der Waals surface area contributed by atoms with Crippen LogP contribution in [0.2, 0.25) is 0 Å². The second kappa shape index (κ2) is 35.5. The molecule has 0 aliphatic heterocycles. The first kappa shape index (κ1) is 70.3. The minimum Gasteiger partial charge on any atom is -0.399 e. The predicted molar refractivity (Wildman–Crippen MR) is 367 cm³/mol. The zero-order valence-electron chi connectivity index (χ0n) is 50.7. The molecule has 0 aromatic heterocycles. The van der Waals surface area contributed by atoms with E-state index in [4.69, 9.17) is 11.5 Å². The molecule has 18 heteroatoms. The Hall–Kier alpha value is -6.74. The third-order valence-electron chi connectivity index (χ3n) is 13.8. The van der Waals surface area contributed by atoms with Gasteiger partial charge in [0.05, 0.1) is 43.1 Å². The van der Waals surface area contributed by atoms with E-state index in [2.05, 4.69) is 198 Å². The van der Waals surface area contributed by atoms with Crippen LogP contribution in [-0.4, -0.2) is 45.2 Å². The Morgan fingerprint density at radius 2 is 0.670 bits per heavy atom. The average Bonchev–Trinajstić information content (AvgIpc) is 2.80. The topological polar surface area (TPSA) is 213 Å². The van der Waals surface area contributed by atoms with Crippen LogP contribution < -0.4 is 19.7 Å². The van der Waals surface area contributed by atoms with E-state index in [1.807, 2.05) is 4.13 Å². The van der Waals surface area contributed by atoms with Crippen LogP contribution in [0.25, 0.3) is 10.8 Å². The number of nitrogens with two attached hydrogens (primary N) is 2. The van der Waals surface area contributed by atoms with Crippen molar-refractivity contribution in [2.24, 2.45) is 0 Å². The zero-order valence-corrected chi connectivity index (χ0v) is 55.6. The highest BCUT2D eigenvalue weighted by Gasteiger charge is 2.30. The second-order valence-corrected chi connectivity index (χ2v) is 32.7. The first-order chi connectivity index (χ1) is 42.2. The minimum absolute atomic E-state index is 0.0229. The van der Waals surface area contributed by atoms with Crippen molar-refractivity contribution in [1.29, 1.82) is 0 Å². The lowest BCUT2D eigenvalue weighted by atomic mass is 10.1. The summed E-state index contributed by atoms with van der Waals surface area (Å²) in [5.74, 6) is -0.397. The SMILES string of the molecule is CCCCCCCCS(=O)(=O)NS(=O)(=O)c1ccc(N)cc1.CCCCCCCCS(=O)(=O)NS(=O)(=O)c1cccc2cccc(N)c12.Cc1ccc([S+](c2ccccc2)c2ccccc2)cc1.Cc1ccc([S+](c2ccccc2)c2ccccc2)cc1. The summed E-state index contributed by atoms with van der Waals surface area (Å²) in [4.78, 5) is 7.95. The van der Waals surface area contributed by atoms with Gasteiger partial charge in [0, 0.05) is 16.8 Å². The summed E-state index contributed by atoms with van der Waals surface area (Å²) in [5, 5.41) is 0.971. The fraction of sp³-hybridized carbons (Fsp3) is 0.257. The molecule has 9 aromatic rings. The number of fused-ring (bicyclic) bond motifs is 1. The average molecular weight is 1300 g/mol. The maximum Gasteiger partial charge on any atom is 0.254 e. The Kier molecular flexibility index (Phi) is 28.3. The van der Waals surface area contributed by atoms with Gasteiger partial charge in [0.25, 0.3) is 20.0 Å². The molecule has 0 saturated heterocycles. The van der Waals surface area contributed by atoms with Crippen LogP contribution in [0.15, 0.2) is 270 Å². The van der Waals surface area contributed by atoms with Crippen LogP contribution in [0.5, 0.6) is 0 Å². The number of aryl methyl sites for hydroxylation is 2. The van der Waals surface area contributed by atoms with E-state index in [1.54, 1.807) is 34.5 Å². The molecule has 0 spiro atoms. The second-order valence-electron chi connectivity index (χ2n) is 21.1. The fourth-order valence-electron chi connectivity index (χ4n) is 9.25. The van der Waals surface area contributed by atoms with Gasteiger partial charge in [-0.1, -0.05) is 211 Å². The van der Waals surface area contributed by atoms with Crippen molar-refractivity contribution in [2.75, 3.05) is 23.0 Å². The zero-order chi connectivity index (χ0) is 63.4. The van der Waals surface area contributed by atoms with Gasteiger partial charge in [-0.05, 0) is 141 Å². The van der Waals surface area contributed by atoms with Gasteiger partial charge in [-0.3, -0.25) is 0 Å². The Morgan fingerprint density at radius 1 is 0.341 bits per heavy atom. The van der Waals surface area contributed by atoms with Crippen molar-refractivity contribution < 1.29 is 33.7 Å². The summed E-state index contributed by atoms with van der Waals surface area (Å²) in [6.45, 7) is 8.48. The summed E-state index contributed by atoms with van der Waals surface area (Å²) in [7, 11) is -16.2. The molecular formula is C70H84N4O8S6+2. The molecule has 0 saturated carbocycles. The summed E-state index contributed by atoms with van der Waals surface area (Å²) >= 11 is 0. The minimum atomic E-state index is -4.24. The number of nitrogen functional groups attached to an aromatic ring is 2. The number of anilines is 2. The summed E-state index contributed by atoms with van der Waals surface area (Å²) < 4.78 is 101. The van der Waals surface area contributed by atoms with Crippen molar-refractivity contribution in [3.63, 3.8) is 0 Å². The van der Waals surface area contributed by atoms with Gasteiger partial charge in [0.2, 0.25) is 20.0 Å². The largest absolute Gasteiger partial charge is 0.399 e. The molecule has 0 atom stereocenters. The number of nitrogens with one attached hydrogen (secondary N) is 2. The van der Waals surface area contributed by atoms with Crippen molar-refractivity contribution in [1.82, 2.24) is 8.25 Å². The molecule has 9 aromatic carbocycles. The molecular weight excluding hydrogens is 1220 g/mol. The van der Waals surface area contributed by atoms with E-state index in [9.17, 15) is 33.7 Å². The summed E-state index contributed by atoms with van der Waals surface area (Å²) in [6.07, 6.45) is 11.0. The van der Waals surface area contributed by atoms with Crippen LogP contribution in [0.4, 0.5) is 11.4 Å². The van der Waals surface area contributed by atoms with E-state index in [0.29, 0.717) is 29.3 Å². The Morgan fingerprint density at radius 3 is 1.05 bits per heavy atom. The highest BCUT2D eigenvalue weighted by molar-refractivity contribution is 8.05. The molecule has 0 unspecified atom stereocenters. The fourth-order valence-corrected chi connectivity index (χ4v) is 19.9. The smallest absolute Gasteiger partial charge is 0.254 e. The highest BCUT2D eigenvalue weighted by Crippen LogP contribution is 2.33. The summed E-state index contributed by atoms with van der Waals surface area (Å²) in [6, 6.07) is 75.8. The van der Waals surface area contributed by atoms with Gasteiger partial charge in [-0.15, -0.1) is 8.25 Å². The standard InChI is InChI=1S/2C19H17S.C18H26N2O4S2.C14H24N2O4S2/c2*1-16-12-14-19(15-13-16)20(17-8-4-2-5-9-17)18-10-6-3-7-11-18;1-2-3-4-5-6-7-14-25(21,22)20-26(23,24)17-13-9-11-15-10-8-12-16(19)18(15)17;1-2-3-4-5-6-7-12-21(17,18)16-22(19,20)14-10-8-13(15)9-11-14/h2*2-15H,1H3;8-13,20H,2-7,14,19H2,1H3;8-11,16H,2-7,12,15H2,1H3/q2*+1;;. The number of hydrogen-bond donors (Lipinski definition) is 4. The summed E-state index contributed by atoms with van der Waals surface area (Å²) in [5.41, 5.74) is 14.7. The molecule has 9 rings (SSSR count). The predicted octanol–water partition coefficient (Wildman–Crippen LogP) is 15.8. The third kappa shape index (κ3) is 23.0. The van der Waals surface area contributed by atoms with Gasteiger partial charge in [0.15, 0.2) is 29.4 Å². The quantitative estimate of drug-likeness (QED) is 0.0229. The molecule has 0 radical (unpaired) electrons. The Labute approximate surface area is 530 Å². The number of rotatable bonds is 26. The molecule has 0 fully saturated rings. The molecule has 0 amide bonds. The molecule has 466 valence electrons. The lowest BCUT2D eigenvalue weighted by molar-refractivity contribution is 0.567. The lowest BCUT2D eigenvalue weighted by Crippen LogP contribution is -2.32. The first-order valence-electron chi connectivity index (χ1n) is 29.7. The van der Waals surface area contributed by atoms with E-state index in [0.717, 1.165) is 64.2 Å². The van der Waals surface area contributed by atoms with Gasteiger partial charge in [0.1, 0.15) is 0 Å². The number of hydrogen-bond acceptors (Lipinski definition) is 10. The van der Waals surface area contributed by atoms with Crippen molar-refractivity contribution in [3.05, 3.63) is 242 Å². The van der Waals surface area contributed by atoms with E-state index in [-0.39, 0.29) is 48.8 Å². The normalized spacial score (nSPS) is 11.7. The molecule has 0 aliphatic rings. The van der Waals surface area contributed by atoms with Gasteiger partial charge >= 0.3 is 0 Å². The molecule has 0 bridgehead atoms. The Bertz CT molecular complexity index is 3780. The maximum absolute atomic E-state index is 12.6. The van der Waals surface area contributed by atoms with Gasteiger partial charge < -0.3 is 11.5 Å². The lowest BCUT2D eigenvalue weighted by Gasteiger charge is -2.11. The van der Waals surface area contributed by atoms with Crippen LogP contribution in [0.3, 0.4) is 0 Å². The van der Waals surface area contributed by atoms with Crippen molar-refractivity contribution in [2.45, 2.75) is 144 Å². The maximum atomic E-state index is 12.6. The van der Waals surface area contributed by atoms with Crippen LogP contribution >= 0.6 is 0 Å². The van der Waals surface area contributed by atoms with Gasteiger partial charge in [-0.2, -0.15) is 0 Å². The van der Waals surface area contributed by atoms with Crippen molar-refractivity contribution >= 4 is 84.0 Å². The van der Waals surface area contributed by atoms with Crippen LogP contribution in [-0.2, 0) is 61.9 Å². The van der Waals surface area contributed by atoms with Crippen LogP contribution in [0.1, 0.15) is 102 Å². The number of sulfonamides is 4. The molecule has 0 aliphatic carbocycles.